The molecule has 7 heteroatoms. The van der Waals surface area contributed by atoms with Crippen molar-refractivity contribution in [1.82, 2.24) is 14.8 Å². The fourth-order valence-electron chi connectivity index (χ4n) is 3.04. The van der Waals surface area contributed by atoms with Crippen LogP contribution in [0.3, 0.4) is 0 Å². The molecule has 26 heavy (non-hydrogen) atoms. The first-order chi connectivity index (χ1) is 12.6. The Morgan fingerprint density at radius 1 is 1.35 bits per heavy atom. The maximum absolute atomic E-state index is 6.18. The van der Waals surface area contributed by atoms with Crippen LogP contribution in [-0.4, -0.2) is 40.4 Å². The number of benzene rings is 1. The number of halogens is 1. The summed E-state index contributed by atoms with van der Waals surface area (Å²) in [5, 5.41) is 4.88. The van der Waals surface area contributed by atoms with Crippen molar-refractivity contribution in [3.8, 4) is 5.75 Å². The molecule has 1 aromatic heterocycles. The van der Waals surface area contributed by atoms with Gasteiger partial charge in [0.25, 0.3) is 0 Å². The molecule has 0 amide bonds. The van der Waals surface area contributed by atoms with Crippen LogP contribution in [0.5, 0.6) is 5.75 Å². The highest BCUT2D eigenvalue weighted by atomic mass is 35.5. The summed E-state index contributed by atoms with van der Waals surface area (Å²) in [6.45, 7) is 6.14. The molecule has 0 N–H and O–H groups in total. The molecule has 1 saturated heterocycles. The summed E-state index contributed by atoms with van der Waals surface area (Å²) in [5.41, 5.74) is -0.311. The van der Waals surface area contributed by atoms with Gasteiger partial charge in [-0.25, -0.2) is 4.98 Å². The molecular formula is C19H26ClN3O3. The average molecular weight is 380 g/mol. The topological polar surface area (TPSA) is 58.4 Å². The standard InChI is InChI=1S/C19H26ClN3O3/c1-3-4-17-11-24-18(26-17)19(2,9-10-23-14-21-13-22-23)12-25-16-7-5-15(20)6-8-16/h5-8,13-14,17-18H,3-4,9-12H2,1-2H3. The minimum absolute atomic E-state index is 0.159. The SMILES string of the molecule is CCCC1COC(C(C)(CCn2cncn2)COc2ccc(Cl)cc2)O1. The van der Waals surface area contributed by atoms with Gasteiger partial charge >= 0.3 is 0 Å². The highest BCUT2D eigenvalue weighted by Gasteiger charge is 2.42. The summed E-state index contributed by atoms with van der Waals surface area (Å²) in [6.07, 6.45) is 6.01. The van der Waals surface area contributed by atoms with Crippen LogP contribution >= 0.6 is 11.6 Å². The van der Waals surface area contributed by atoms with E-state index in [0.29, 0.717) is 18.2 Å². The van der Waals surface area contributed by atoms with Crippen LogP contribution in [0.1, 0.15) is 33.1 Å². The van der Waals surface area contributed by atoms with Gasteiger partial charge in [0.2, 0.25) is 0 Å². The lowest BCUT2D eigenvalue weighted by Gasteiger charge is -2.34. The van der Waals surface area contributed by atoms with Crippen LogP contribution in [0.4, 0.5) is 0 Å². The van der Waals surface area contributed by atoms with Gasteiger partial charge < -0.3 is 14.2 Å². The average Bonchev–Trinajstić information content (AvgIpc) is 3.32. The maximum Gasteiger partial charge on any atom is 0.166 e. The lowest BCUT2D eigenvalue weighted by molar-refractivity contribution is -0.153. The van der Waals surface area contributed by atoms with Crippen LogP contribution in [0, 0.1) is 5.41 Å². The van der Waals surface area contributed by atoms with Crippen molar-refractivity contribution >= 4 is 11.6 Å². The third-order valence-corrected chi connectivity index (χ3v) is 4.94. The second-order valence-electron chi connectivity index (χ2n) is 7.02. The largest absolute Gasteiger partial charge is 0.493 e. The van der Waals surface area contributed by atoms with E-state index in [9.17, 15) is 0 Å². The summed E-state index contributed by atoms with van der Waals surface area (Å²) >= 11 is 5.95. The molecule has 3 rings (SSSR count). The fraction of sp³-hybridized carbons (Fsp3) is 0.579. The van der Waals surface area contributed by atoms with Gasteiger partial charge in [-0.3, -0.25) is 4.68 Å². The second kappa shape index (κ2) is 8.84. The quantitative estimate of drug-likeness (QED) is 0.660. The number of rotatable bonds is 9. The molecule has 142 valence electrons. The van der Waals surface area contributed by atoms with Gasteiger partial charge in [-0.05, 0) is 37.1 Å². The number of aryl methyl sites for hydroxylation is 1. The smallest absolute Gasteiger partial charge is 0.166 e. The van der Waals surface area contributed by atoms with Crippen molar-refractivity contribution in [2.24, 2.45) is 5.41 Å². The molecule has 3 unspecified atom stereocenters. The molecule has 2 heterocycles. The maximum atomic E-state index is 6.18. The van der Waals surface area contributed by atoms with Crippen LogP contribution in [0.15, 0.2) is 36.9 Å². The molecule has 1 aliphatic rings. The summed E-state index contributed by atoms with van der Waals surface area (Å²) in [6, 6.07) is 7.39. The lowest BCUT2D eigenvalue weighted by atomic mass is 9.86. The number of ether oxygens (including phenoxy) is 3. The zero-order valence-electron chi connectivity index (χ0n) is 15.3. The van der Waals surface area contributed by atoms with Crippen molar-refractivity contribution in [3.05, 3.63) is 41.9 Å². The summed E-state index contributed by atoms with van der Waals surface area (Å²) in [7, 11) is 0. The molecular weight excluding hydrogens is 354 g/mol. The van der Waals surface area contributed by atoms with Crippen LogP contribution in [0.25, 0.3) is 0 Å². The zero-order chi connectivity index (χ0) is 18.4. The number of aromatic nitrogens is 3. The first-order valence-corrected chi connectivity index (χ1v) is 9.45. The van der Waals surface area contributed by atoms with E-state index in [1.807, 2.05) is 28.9 Å². The molecule has 2 aromatic rings. The van der Waals surface area contributed by atoms with E-state index in [2.05, 4.69) is 23.9 Å². The molecule has 0 saturated carbocycles. The van der Waals surface area contributed by atoms with Crippen LogP contribution in [-0.2, 0) is 16.0 Å². The molecule has 0 aliphatic carbocycles. The molecule has 1 aromatic carbocycles. The molecule has 0 bridgehead atoms. The zero-order valence-corrected chi connectivity index (χ0v) is 16.1. The number of hydrogen-bond acceptors (Lipinski definition) is 5. The predicted octanol–water partition coefficient (Wildman–Crippen LogP) is 3.95. The molecule has 1 aliphatic heterocycles. The van der Waals surface area contributed by atoms with Crippen molar-refractivity contribution in [2.75, 3.05) is 13.2 Å². The van der Waals surface area contributed by atoms with Crippen LogP contribution < -0.4 is 4.74 Å². The summed E-state index contributed by atoms with van der Waals surface area (Å²) in [4.78, 5) is 4.00. The van der Waals surface area contributed by atoms with Gasteiger partial charge in [-0.2, -0.15) is 5.10 Å². The lowest BCUT2D eigenvalue weighted by Crippen LogP contribution is -2.40. The Kier molecular flexibility index (Phi) is 6.51. The van der Waals surface area contributed by atoms with Gasteiger partial charge in [-0.15, -0.1) is 0 Å². The number of nitrogens with zero attached hydrogens (tertiary/aromatic N) is 3. The van der Waals surface area contributed by atoms with Crippen molar-refractivity contribution in [2.45, 2.75) is 52.0 Å². The Balaban J connectivity index is 1.66. The van der Waals surface area contributed by atoms with E-state index in [1.54, 1.807) is 12.7 Å². The first kappa shape index (κ1) is 19.1. The van der Waals surface area contributed by atoms with E-state index < -0.39 is 0 Å². The Morgan fingerprint density at radius 3 is 2.85 bits per heavy atom. The van der Waals surface area contributed by atoms with Gasteiger partial charge in [0, 0.05) is 11.6 Å². The fourth-order valence-corrected chi connectivity index (χ4v) is 3.17. The van der Waals surface area contributed by atoms with Gasteiger partial charge in [-0.1, -0.05) is 31.9 Å². The Morgan fingerprint density at radius 2 is 2.15 bits per heavy atom. The monoisotopic (exact) mass is 379 g/mol. The van der Waals surface area contributed by atoms with E-state index in [0.717, 1.165) is 31.6 Å². The Hall–Kier alpha value is -1.63. The van der Waals surface area contributed by atoms with Crippen molar-refractivity contribution in [1.29, 1.82) is 0 Å². The number of hydrogen-bond donors (Lipinski definition) is 0. The molecule has 0 radical (unpaired) electrons. The molecule has 3 atom stereocenters. The van der Waals surface area contributed by atoms with Crippen molar-refractivity contribution < 1.29 is 14.2 Å². The third kappa shape index (κ3) is 4.96. The first-order valence-electron chi connectivity index (χ1n) is 9.07. The van der Waals surface area contributed by atoms with Crippen molar-refractivity contribution in [3.63, 3.8) is 0 Å². The van der Waals surface area contributed by atoms with Gasteiger partial charge in [0.1, 0.15) is 18.4 Å². The molecule has 1 fully saturated rings. The summed E-state index contributed by atoms with van der Waals surface area (Å²) < 4.78 is 20.0. The van der Waals surface area contributed by atoms with Gasteiger partial charge in [0.15, 0.2) is 6.29 Å². The highest BCUT2D eigenvalue weighted by molar-refractivity contribution is 6.30. The second-order valence-corrected chi connectivity index (χ2v) is 7.45. The molecule has 6 nitrogen and oxygen atoms in total. The third-order valence-electron chi connectivity index (χ3n) is 4.69. The summed E-state index contributed by atoms with van der Waals surface area (Å²) in [5.74, 6) is 0.782. The van der Waals surface area contributed by atoms with Gasteiger partial charge in [0.05, 0.1) is 24.7 Å². The van der Waals surface area contributed by atoms with Crippen LogP contribution in [0.2, 0.25) is 5.02 Å². The molecule has 0 spiro atoms. The van der Waals surface area contributed by atoms with E-state index in [1.165, 1.54) is 0 Å². The Bertz CT molecular complexity index is 665. The van der Waals surface area contributed by atoms with E-state index in [4.69, 9.17) is 25.8 Å². The Labute approximate surface area is 159 Å². The highest BCUT2D eigenvalue weighted by Crippen LogP contribution is 2.35. The van der Waals surface area contributed by atoms with E-state index >= 15 is 0 Å². The normalized spacial score (nSPS) is 22.3. The van der Waals surface area contributed by atoms with E-state index in [-0.39, 0.29) is 17.8 Å². The minimum Gasteiger partial charge on any atom is -0.493 e. The minimum atomic E-state index is -0.311. The predicted molar refractivity (Wildman–Crippen MR) is 99.2 cm³/mol.